The summed E-state index contributed by atoms with van der Waals surface area (Å²) in [6.45, 7) is 10.0. The van der Waals surface area contributed by atoms with Crippen LogP contribution in [-0.2, 0) is 4.79 Å². The monoisotopic (exact) mass is 277 g/mol. The minimum atomic E-state index is -0.132. The van der Waals surface area contributed by atoms with Crippen LogP contribution in [0.5, 0.6) is 0 Å². The zero-order valence-corrected chi connectivity index (χ0v) is 13.1. The Hall–Kier alpha value is -1.55. The number of likely N-dealkylation sites (N-methyl/N-ethyl adjacent to an activating group) is 1. The number of carbonyl (C=O) groups is 1. The van der Waals surface area contributed by atoms with Gasteiger partial charge in [-0.2, -0.15) is 0 Å². The summed E-state index contributed by atoms with van der Waals surface area (Å²) in [5.41, 5.74) is 8.26. The second kappa shape index (κ2) is 7.90. The molecule has 1 unspecified atom stereocenters. The first kappa shape index (κ1) is 16.5. The van der Waals surface area contributed by atoms with Gasteiger partial charge in [-0.05, 0) is 51.1 Å². The third kappa shape index (κ3) is 4.53. The highest BCUT2D eigenvalue weighted by Gasteiger charge is 2.20. The Labute approximate surface area is 122 Å². The highest BCUT2D eigenvalue weighted by molar-refractivity contribution is 5.95. The molecule has 0 aliphatic carbocycles. The van der Waals surface area contributed by atoms with Crippen LogP contribution in [-0.4, -0.2) is 29.9 Å². The minimum absolute atomic E-state index is 0.0247. The number of aryl methyl sites for hydroxylation is 1. The van der Waals surface area contributed by atoms with Crippen LogP contribution >= 0.6 is 0 Å². The number of hydrogen-bond donors (Lipinski definition) is 2. The summed E-state index contributed by atoms with van der Waals surface area (Å²) >= 11 is 0. The smallest absolute Gasteiger partial charge is 0.241 e. The van der Waals surface area contributed by atoms with E-state index in [1.165, 1.54) is 0 Å². The van der Waals surface area contributed by atoms with Crippen molar-refractivity contribution in [1.29, 1.82) is 0 Å². The highest BCUT2D eigenvalue weighted by atomic mass is 16.2. The lowest BCUT2D eigenvalue weighted by molar-refractivity contribution is -0.120. The molecule has 0 bridgehead atoms. The number of nitrogens with zero attached hydrogens (tertiary/aromatic N) is 1. The van der Waals surface area contributed by atoms with Crippen molar-refractivity contribution < 1.29 is 4.79 Å². The fourth-order valence-corrected chi connectivity index (χ4v) is 2.16. The number of nitrogens with one attached hydrogen (secondary N) is 1. The summed E-state index contributed by atoms with van der Waals surface area (Å²) in [5.74, 6) is 0.0247. The van der Waals surface area contributed by atoms with Gasteiger partial charge in [0.25, 0.3) is 0 Å². The SMILES string of the molecule is CCCCN(CC)C(C)C(=O)Nc1cc(N)ccc1C. The molecule has 0 saturated heterocycles. The molecule has 0 fully saturated rings. The Kier molecular flexibility index (Phi) is 6.52. The van der Waals surface area contributed by atoms with Crippen LogP contribution in [0, 0.1) is 6.92 Å². The maximum absolute atomic E-state index is 12.3. The van der Waals surface area contributed by atoms with Gasteiger partial charge in [-0.15, -0.1) is 0 Å². The standard InChI is InChI=1S/C16H27N3O/c1-5-7-10-19(6-2)13(4)16(20)18-15-11-14(17)9-8-12(15)3/h8-9,11,13H,5-7,10,17H2,1-4H3,(H,18,20). The first-order chi connectivity index (χ1) is 9.49. The maximum atomic E-state index is 12.3. The summed E-state index contributed by atoms with van der Waals surface area (Å²) in [4.78, 5) is 14.5. The molecule has 4 heteroatoms. The van der Waals surface area contributed by atoms with Gasteiger partial charge in [0.1, 0.15) is 0 Å². The molecule has 0 heterocycles. The summed E-state index contributed by atoms with van der Waals surface area (Å²) < 4.78 is 0. The number of unbranched alkanes of at least 4 members (excludes halogenated alkanes) is 1. The lowest BCUT2D eigenvalue weighted by Gasteiger charge is -2.27. The van der Waals surface area contributed by atoms with Gasteiger partial charge in [-0.25, -0.2) is 0 Å². The Morgan fingerprint density at radius 2 is 2.10 bits per heavy atom. The number of nitrogens with two attached hydrogens (primary N) is 1. The van der Waals surface area contributed by atoms with Gasteiger partial charge in [-0.1, -0.05) is 26.3 Å². The van der Waals surface area contributed by atoms with Crippen molar-refractivity contribution in [3.63, 3.8) is 0 Å². The van der Waals surface area contributed by atoms with Crippen molar-refractivity contribution in [3.8, 4) is 0 Å². The molecule has 1 rings (SSSR count). The predicted octanol–water partition coefficient (Wildman–Crippen LogP) is 3.03. The number of amides is 1. The van der Waals surface area contributed by atoms with Crippen molar-refractivity contribution >= 4 is 17.3 Å². The van der Waals surface area contributed by atoms with E-state index >= 15 is 0 Å². The predicted molar refractivity (Wildman–Crippen MR) is 85.8 cm³/mol. The van der Waals surface area contributed by atoms with Gasteiger partial charge < -0.3 is 11.1 Å². The van der Waals surface area contributed by atoms with Gasteiger partial charge in [0, 0.05) is 11.4 Å². The van der Waals surface area contributed by atoms with E-state index in [0.29, 0.717) is 5.69 Å². The van der Waals surface area contributed by atoms with Crippen LogP contribution in [0.4, 0.5) is 11.4 Å². The summed E-state index contributed by atoms with van der Waals surface area (Å²) in [5, 5.41) is 2.98. The molecule has 0 aliphatic heterocycles. The Balaban J connectivity index is 2.71. The maximum Gasteiger partial charge on any atom is 0.241 e. The molecule has 1 atom stereocenters. The second-order valence-corrected chi connectivity index (χ2v) is 5.22. The van der Waals surface area contributed by atoms with Crippen molar-refractivity contribution in [2.24, 2.45) is 0 Å². The van der Waals surface area contributed by atoms with Crippen LogP contribution in [0.15, 0.2) is 18.2 Å². The van der Waals surface area contributed by atoms with E-state index in [1.807, 2.05) is 32.0 Å². The van der Waals surface area contributed by atoms with Crippen molar-refractivity contribution in [2.45, 2.75) is 46.6 Å². The number of anilines is 2. The molecule has 4 nitrogen and oxygen atoms in total. The van der Waals surface area contributed by atoms with E-state index in [4.69, 9.17) is 5.73 Å². The molecule has 1 aromatic carbocycles. The van der Waals surface area contributed by atoms with Crippen LogP contribution in [0.3, 0.4) is 0 Å². The van der Waals surface area contributed by atoms with Crippen molar-refractivity contribution in [3.05, 3.63) is 23.8 Å². The number of benzene rings is 1. The normalized spacial score (nSPS) is 12.4. The van der Waals surface area contributed by atoms with Crippen LogP contribution in [0.25, 0.3) is 0 Å². The second-order valence-electron chi connectivity index (χ2n) is 5.22. The number of nitrogen functional groups attached to an aromatic ring is 1. The fraction of sp³-hybridized carbons (Fsp3) is 0.562. The molecule has 0 saturated carbocycles. The lowest BCUT2D eigenvalue weighted by Crippen LogP contribution is -2.42. The van der Waals surface area contributed by atoms with Crippen LogP contribution < -0.4 is 11.1 Å². The average Bonchev–Trinajstić information content (AvgIpc) is 2.43. The van der Waals surface area contributed by atoms with Crippen molar-refractivity contribution in [2.75, 3.05) is 24.1 Å². The molecule has 1 aromatic rings. The molecule has 0 radical (unpaired) electrons. The summed E-state index contributed by atoms with van der Waals surface area (Å²) in [7, 11) is 0. The molecule has 1 amide bonds. The van der Waals surface area contributed by atoms with Crippen LogP contribution in [0.1, 0.15) is 39.2 Å². The Morgan fingerprint density at radius 3 is 2.70 bits per heavy atom. The molecular weight excluding hydrogens is 250 g/mol. The quantitative estimate of drug-likeness (QED) is 0.753. The zero-order chi connectivity index (χ0) is 15.1. The molecule has 112 valence electrons. The first-order valence-corrected chi connectivity index (χ1v) is 7.40. The largest absolute Gasteiger partial charge is 0.399 e. The summed E-state index contributed by atoms with van der Waals surface area (Å²) in [6, 6.07) is 5.44. The van der Waals surface area contributed by atoms with Gasteiger partial charge >= 0.3 is 0 Å². The minimum Gasteiger partial charge on any atom is -0.399 e. The number of hydrogen-bond acceptors (Lipinski definition) is 3. The summed E-state index contributed by atoms with van der Waals surface area (Å²) in [6.07, 6.45) is 2.25. The zero-order valence-electron chi connectivity index (χ0n) is 13.1. The third-order valence-corrected chi connectivity index (χ3v) is 3.65. The van der Waals surface area contributed by atoms with Crippen LogP contribution in [0.2, 0.25) is 0 Å². The first-order valence-electron chi connectivity index (χ1n) is 7.40. The van der Waals surface area contributed by atoms with Crippen molar-refractivity contribution in [1.82, 2.24) is 4.90 Å². The third-order valence-electron chi connectivity index (χ3n) is 3.65. The lowest BCUT2D eigenvalue weighted by atomic mass is 10.1. The number of carbonyl (C=O) groups excluding carboxylic acids is 1. The highest BCUT2D eigenvalue weighted by Crippen LogP contribution is 2.18. The number of rotatable bonds is 7. The molecule has 0 aromatic heterocycles. The topological polar surface area (TPSA) is 58.4 Å². The van der Waals surface area contributed by atoms with Gasteiger partial charge in [-0.3, -0.25) is 9.69 Å². The van der Waals surface area contributed by atoms with E-state index in [-0.39, 0.29) is 11.9 Å². The fourth-order valence-electron chi connectivity index (χ4n) is 2.16. The molecule has 20 heavy (non-hydrogen) atoms. The Morgan fingerprint density at radius 1 is 1.40 bits per heavy atom. The van der Waals surface area contributed by atoms with Gasteiger partial charge in [0.15, 0.2) is 0 Å². The van der Waals surface area contributed by atoms with Gasteiger partial charge in [0.05, 0.1) is 6.04 Å². The average molecular weight is 277 g/mol. The molecular formula is C16H27N3O. The molecule has 0 aliphatic rings. The van der Waals surface area contributed by atoms with E-state index in [2.05, 4.69) is 24.1 Å². The molecule has 3 N–H and O–H groups in total. The molecule has 0 spiro atoms. The van der Waals surface area contributed by atoms with E-state index in [0.717, 1.165) is 37.2 Å². The van der Waals surface area contributed by atoms with E-state index in [9.17, 15) is 4.79 Å². The van der Waals surface area contributed by atoms with E-state index in [1.54, 1.807) is 0 Å². The van der Waals surface area contributed by atoms with E-state index < -0.39 is 0 Å². The Bertz CT molecular complexity index is 445. The van der Waals surface area contributed by atoms with Gasteiger partial charge in [0.2, 0.25) is 5.91 Å².